The molecule has 0 atom stereocenters. The molecule has 106 valence electrons. The smallest absolute Gasteiger partial charge is 0.266 e. The van der Waals surface area contributed by atoms with Gasteiger partial charge in [0.2, 0.25) is 0 Å². The summed E-state index contributed by atoms with van der Waals surface area (Å²) in [4.78, 5) is 14.6. The van der Waals surface area contributed by atoms with Gasteiger partial charge in [-0.1, -0.05) is 52.0 Å². The zero-order valence-corrected chi connectivity index (χ0v) is 14.2. The van der Waals surface area contributed by atoms with Crippen LogP contribution >= 0.6 is 39.9 Å². The molecule has 1 heterocycles. The number of rotatable bonds is 5. The Bertz CT molecular complexity index is 560. The van der Waals surface area contributed by atoms with E-state index < -0.39 is 0 Å². The summed E-state index contributed by atoms with van der Waals surface area (Å²) in [5.41, 5.74) is 0.983. The van der Waals surface area contributed by atoms with Crippen molar-refractivity contribution >= 4 is 56.2 Å². The van der Waals surface area contributed by atoms with E-state index in [0.717, 1.165) is 16.5 Å². The van der Waals surface area contributed by atoms with E-state index in [1.54, 1.807) is 12.0 Å². The molecule has 0 unspecified atom stereocenters. The van der Waals surface area contributed by atoms with Crippen LogP contribution in [0.25, 0.3) is 6.08 Å². The van der Waals surface area contributed by atoms with E-state index in [0.29, 0.717) is 22.4 Å². The lowest BCUT2D eigenvalue weighted by atomic mass is 10.2. The Hall–Kier alpha value is -0.690. The number of hydrogen-bond donors (Lipinski definition) is 0. The van der Waals surface area contributed by atoms with Crippen molar-refractivity contribution in [1.29, 1.82) is 0 Å². The molecular weight excluding hydrogens is 358 g/mol. The molecule has 0 aliphatic carbocycles. The zero-order valence-electron chi connectivity index (χ0n) is 11.0. The minimum Gasteiger partial charge on any atom is -0.385 e. The van der Waals surface area contributed by atoms with Crippen LogP contribution in [0.3, 0.4) is 0 Å². The number of amides is 1. The number of nitrogens with zero attached hydrogens (tertiary/aromatic N) is 1. The highest BCUT2D eigenvalue weighted by molar-refractivity contribution is 9.10. The second-order valence-electron chi connectivity index (χ2n) is 4.23. The van der Waals surface area contributed by atoms with E-state index in [4.69, 9.17) is 17.0 Å². The van der Waals surface area contributed by atoms with Gasteiger partial charge >= 0.3 is 0 Å². The van der Waals surface area contributed by atoms with Gasteiger partial charge < -0.3 is 4.74 Å². The first-order valence-corrected chi connectivity index (χ1v) is 8.13. The summed E-state index contributed by atoms with van der Waals surface area (Å²) in [6.45, 7) is 1.23. The largest absolute Gasteiger partial charge is 0.385 e. The maximum atomic E-state index is 12.3. The molecular formula is C14H14BrNO2S2. The van der Waals surface area contributed by atoms with Crippen LogP contribution in [0.5, 0.6) is 0 Å². The third kappa shape index (κ3) is 3.91. The summed E-state index contributed by atoms with van der Waals surface area (Å²) in [6, 6.07) is 7.82. The van der Waals surface area contributed by atoms with Gasteiger partial charge in [0, 0.05) is 24.7 Å². The van der Waals surface area contributed by atoms with Gasteiger partial charge in [0.15, 0.2) is 0 Å². The Morgan fingerprint density at radius 2 is 2.30 bits per heavy atom. The summed E-state index contributed by atoms with van der Waals surface area (Å²) in [5.74, 6) is -0.0175. The van der Waals surface area contributed by atoms with Gasteiger partial charge in [-0.2, -0.15) is 0 Å². The molecule has 1 aromatic rings. The van der Waals surface area contributed by atoms with Crippen LogP contribution < -0.4 is 0 Å². The van der Waals surface area contributed by atoms with Crippen molar-refractivity contribution in [2.75, 3.05) is 20.3 Å². The summed E-state index contributed by atoms with van der Waals surface area (Å²) >= 11 is 10.0. The second-order valence-corrected chi connectivity index (χ2v) is 6.83. The van der Waals surface area contributed by atoms with Gasteiger partial charge in [-0.15, -0.1) is 0 Å². The quantitative estimate of drug-likeness (QED) is 0.448. The number of hydrogen-bond acceptors (Lipinski definition) is 4. The normalized spacial score (nSPS) is 17.3. The topological polar surface area (TPSA) is 29.5 Å². The summed E-state index contributed by atoms with van der Waals surface area (Å²) in [5, 5.41) is 0. The average molecular weight is 372 g/mol. The van der Waals surface area contributed by atoms with E-state index in [9.17, 15) is 4.79 Å². The van der Waals surface area contributed by atoms with Gasteiger partial charge in [-0.3, -0.25) is 9.69 Å². The lowest BCUT2D eigenvalue weighted by Gasteiger charge is -2.13. The predicted octanol–water partition coefficient (Wildman–Crippen LogP) is 3.69. The van der Waals surface area contributed by atoms with Crippen molar-refractivity contribution in [3.63, 3.8) is 0 Å². The number of benzene rings is 1. The fourth-order valence-corrected chi connectivity index (χ4v) is 3.53. The van der Waals surface area contributed by atoms with Crippen LogP contribution in [0.1, 0.15) is 12.0 Å². The number of thioether (sulfide) groups is 1. The maximum absolute atomic E-state index is 12.3. The van der Waals surface area contributed by atoms with Crippen LogP contribution in [0.2, 0.25) is 0 Å². The Labute approximate surface area is 136 Å². The van der Waals surface area contributed by atoms with Crippen molar-refractivity contribution in [3.8, 4) is 0 Å². The number of carbonyl (C=O) groups excluding carboxylic acids is 1. The molecule has 1 aliphatic heterocycles. The fourth-order valence-electron chi connectivity index (χ4n) is 1.81. The molecule has 1 amide bonds. The van der Waals surface area contributed by atoms with Gasteiger partial charge in [0.05, 0.1) is 4.91 Å². The Kier molecular flexibility index (Phi) is 5.77. The molecule has 1 aliphatic rings. The Morgan fingerprint density at radius 3 is 3.00 bits per heavy atom. The number of halogens is 1. The minimum atomic E-state index is -0.0175. The van der Waals surface area contributed by atoms with Gasteiger partial charge in [-0.05, 0) is 30.2 Å². The van der Waals surface area contributed by atoms with E-state index in [-0.39, 0.29) is 5.91 Å². The zero-order chi connectivity index (χ0) is 14.5. The van der Waals surface area contributed by atoms with Crippen molar-refractivity contribution in [1.82, 2.24) is 4.90 Å². The Balaban J connectivity index is 2.11. The monoisotopic (exact) mass is 371 g/mol. The van der Waals surface area contributed by atoms with Crippen LogP contribution in [0, 0.1) is 0 Å². The first-order chi connectivity index (χ1) is 9.61. The van der Waals surface area contributed by atoms with Crippen LogP contribution in [0.15, 0.2) is 33.6 Å². The first kappa shape index (κ1) is 15.7. The maximum Gasteiger partial charge on any atom is 0.266 e. The highest BCUT2D eigenvalue weighted by atomic mass is 79.9. The lowest BCUT2D eigenvalue weighted by molar-refractivity contribution is -0.122. The first-order valence-electron chi connectivity index (χ1n) is 6.11. The van der Waals surface area contributed by atoms with Crippen molar-refractivity contribution in [2.45, 2.75) is 6.42 Å². The van der Waals surface area contributed by atoms with Crippen LogP contribution in [-0.2, 0) is 9.53 Å². The number of ether oxygens (including phenoxy) is 1. The summed E-state index contributed by atoms with van der Waals surface area (Å²) in [7, 11) is 1.65. The molecule has 0 saturated carbocycles. The van der Waals surface area contributed by atoms with E-state index in [1.165, 1.54) is 11.8 Å². The van der Waals surface area contributed by atoms with Gasteiger partial charge in [0.25, 0.3) is 5.91 Å². The molecule has 2 rings (SSSR count). The predicted molar refractivity (Wildman–Crippen MR) is 90.5 cm³/mol. The molecule has 0 bridgehead atoms. The summed E-state index contributed by atoms with van der Waals surface area (Å²) < 4.78 is 6.61. The fraction of sp³-hybridized carbons (Fsp3) is 0.286. The third-order valence-electron chi connectivity index (χ3n) is 2.75. The Morgan fingerprint density at radius 1 is 1.50 bits per heavy atom. The van der Waals surface area contributed by atoms with E-state index in [1.807, 2.05) is 30.3 Å². The van der Waals surface area contributed by atoms with Crippen molar-refractivity contribution < 1.29 is 9.53 Å². The van der Waals surface area contributed by atoms with E-state index >= 15 is 0 Å². The van der Waals surface area contributed by atoms with Crippen LogP contribution in [0.4, 0.5) is 0 Å². The molecule has 3 nitrogen and oxygen atoms in total. The molecule has 0 aromatic heterocycles. The molecule has 1 fully saturated rings. The number of methoxy groups -OCH3 is 1. The molecule has 1 saturated heterocycles. The number of carbonyl (C=O) groups is 1. The third-order valence-corrected chi connectivity index (χ3v) is 4.62. The van der Waals surface area contributed by atoms with Crippen LogP contribution in [-0.4, -0.2) is 35.4 Å². The standard InChI is InChI=1S/C14H14BrNO2S2/c1-18-7-3-6-16-13(17)12(20-14(16)19)9-10-4-2-5-11(15)8-10/h2,4-5,8-9H,3,6-7H2,1H3/b12-9-. The van der Waals surface area contributed by atoms with Gasteiger partial charge in [0.1, 0.15) is 4.32 Å². The van der Waals surface area contributed by atoms with Gasteiger partial charge in [-0.25, -0.2) is 0 Å². The molecule has 0 radical (unpaired) electrons. The summed E-state index contributed by atoms with van der Waals surface area (Å²) in [6.07, 6.45) is 2.66. The molecule has 20 heavy (non-hydrogen) atoms. The lowest BCUT2D eigenvalue weighted by Crippen LogP contribution is -2.29. The minimum absolute atomic E-state index is 0.0175. The number of thiocarbonyl (C=S) groups is 1. The van der Waals surface area contributed by atoms with Crippen molar-refractivity contribution in [3.05, 3.63) is 39.2 Å². The molecule has 0 spiro atoms. The molecule has 1 aromatic carbocycles. The highest BCUT2D eigenvalue weighted by Crippen LogP contribution is 2.32. The van der Waals surface area contributed by atoms with E-state index in [2.05, 4.69) is 15.9 Å². The molecule has 6 heteroatoms. The second kappa shape index (κ2) is 7.36. The average Bonchev–Trinajstić information content (AvgIpc) is 2.66. The molecule has 0 N–H and O–H groups in total. The SMILES string of the molecule is COCCCN1C(=O)/C(=C/c2cccc(Br)c2)SC1=S. The van der Waals surface area contributed by atoms with Crippen molar-refractivity contribution in [2.24, 2.45) is 0 Å². The highest BCUT2D eigenvalue weighted by Gasteiger charge is 2.31.